The molecule has 0 saturated heterocycles. The summed E-state index contributed by atoms with van der Waals surface area (Å²) >= 11 is 0. The van der Waals surface area contributed by atoms with Gasteiger partial charge in [0.15, 0.2) is 0 Å². The fourth-order valence-electron chi connectivity index (χ4n) is 4.74. The summed E-state index contributed by atoms with van der Waals surface area (Å²) in [6.45, 7) is 9.81. The second-order valence-corrected chi connectivity index (χ2v) is 13.5. The quantitative estimate of drug-likeness (QED) is 0.452. The lowest BCUT2D eigenvalue weighted by molar-refractivity contribution is 0.738. The molecule has 0 fully saturated rings. The molecule has 0 N–H and O–H groups in total. The van der Waals surface area contributed by atoms with E-state index >= 15 is 0 Å². The SMILES string of the molecule is CCC(C1=C([Si](C)(C)C)C=CC1)c1cccc2c1Cc1ccccc1-2. The van der Waals surface area contributed by atoms with Crippen LogP contribution in [0.3, 0.4) is 0 Å². The molecule has 0 amide bonds. The monoisotopic (exact) mass is 344 g/mol. The molecule has 0 spiro atoms. The molecule has 1 heteroatoms. The predicted molar refractivity (Wildman–Crippen MR) is 112 cm³/mol. The summed E-state index contributed by atoms with van der Waals surface area (Å²) in [6.07, 6.45) is 8.26. The third-order valence-electron chi connectivity index (χ3n) is 5.87. The minimum Gasteiger partial charge on any atom is -0.0806 e. The molecule has 0 aliphatic heterocycles. The van der Waals surface area contributed by atoms with E-state index in [2.05, 4.69) is 81.2 Å². The molecule has 2 aromatic rings. The van der Waals surface area contributed by atoms with Crippen LogP contribution in [0, 0.1) is 0 Å². The fraction of sp³-hybridized carbons (Fsp3) is 0.333. The molecular weight excluding hydrogens is 316 g/mol. The van der Waals surface area contributed by atoms with E-state index in [9.17, 15) is 0 Å². The standard InChI is InChI=1S/C24H28Si/c1-5-18(22-14-9-15-24(22)25(2,3)4)20-12-8-13-21-19-11-7-6-10-17(19)16-23(20)21/h6-13,15,18H,5,14,16H2,1-4H3. The summed E-state index contributed by atoms with van der Waals surface area (Å²) in [5.41, 5.74) is 9.25. The highest BCUT2D eigenvalue weighted by Crippen LogP contribution is 2.45. The highest BCUT2D eigenvalue weighted by atomic mass is 28.3. The van der Waals surface area contributed by atoms with Crippen molar-refractivity contribution < 1.29 is 0 Å². The van der Waals surface area contributed by atoms with Gasteiger partial charge in [-0.05, 0) is 47.1 Å². The largest absolute Gasteiger partial charge is 0.0806 e. The molecule has 0 bridgehead atoms. The first-order valence-electron chi connectivity index (χ1n) is 9.60. The summed E-state index contributed by atoms with van der Waals surface area (Å²) in [5, 5.41) is 1.69. The van der Waals surface area contributed by atoms with E-state index in [-0.39, 0.29) is 0 Å². The van der Waals surface area contributed by atoms with Crippen LogP contribution in [-0.2, 0) is 6.42 Å². The van der Waals surface area contributed by atoms with Gasteiger partial charge in [0.05, 0.1) is 8.07 Å². The van der Waals surface area contributed by atoms with Gasteiger partial charge in [0, 0.05) is 5.92 Å². The Morgan fingerprint density at radius 2 is 1.72 bits per heavy atom. The molecule has 4 rings (SSSR count). The number of allylic oxidation sites excluding steroid dienone is 4. The molecule has 2 aliphatic carbocycles. The molecule has 1 atom stereocenters. The number of fused-ring (bicyclic) bond motifs is 3. The zero-order valence-electron chi connectivity index (χ0n) is 15.9. The molecule has 0 radical (unpaired) electrons. The molecule has 25 heavy (non-hydrogen) atoms. The Bertz CT molecular complexity index is 877. The van der Waals surface area contributed by atoms with E-state index in [4.69, 9.17) is 0 Å². The van der Waals surface area contributed by atoms with Crippen LogP contribution in [0.15, 0.2) is 65.4 Å². The molecule has 2 aromatic carbocycles. The zero-order chi connectivity index (χ0) is 17.6. The lowest BCUT2D eigenvalue weighted by Gasteiger charge is -2.26. The average Bonchev–Trinajstić information content (AvgIpc) is 3.20. The molecule has 0 nitrogen and oxygen atoms in total. The van der Waals surface area contributed by atoms with Crippen molar-refractivity contribution in [1.29, 1.82) is 0 Å². The first-order chi connectivity index (χ1) is 12.0. The zero-order valence-corrected chi connectivity index (χ0v) is 16.9. The van der Waals surface area contributed by atoms with Gasteiger partial charge in [-0.2, -0.15) is 0 Å². The van der Waals surface area contributed by atoms with Crippen LogP contribution in [0.4, 0.5) is 0 Å². The number of hydrogen-bond acceptors (Lipinski definition) is 0. The van der Waals surface area contributed by atoms with Crippen LogP contribution in [0.2, 0.25) is 19.6 Å². The first-order valence-corrected chi connectivity index (χ1v) is 13.1. The Balaban J connectivity index is 1.83. The van der Waals surface area contributed by atoms with Gasteiger partial charge in [-0.25, -0.2) is 0 Å². The third-order valence-corrected chi connectivity index (χ3v) is 7.97. The molecule has 0 aromatic heterocycles. The van der Waals surface area contributed by atoms with Gasteiger partial charge >= 0.3 is 0 Å². The smallest absolute Gasteiger partial charge is 0.0775 e. The lowest BCUT2D eigenvalue weighted by atomic mass is 9.84. The number of rotatable bonds is 4. The van der Waals surface area contributed by atoms with E-state index in [1.165, 1.54) is 23.1 Å². The first kappa shape index (κ1) is 16.6. The van der Waals surface area contributed by atoms with Gasteiger partial charge in [-0.1, -0.05) is 92.0 Å². The highest BCUT2D eigenvalue weighted by Gasteiger charge is 2.30. The highest BCUT2D eigenvalue weighted by molar-refractivity contribution is 6.84. The summed E-state index contributed by atoms with van der Waals surface area (Å²) in [7, 11) is -1.30. The van der Waals surface area contributed by atoms with E-state index < -0.39 is 8.07 Å². The number of benzene rings is 2. The predicted octanol–water partition coefficient (Wildman–Crippen LogP) is 6.89. The minimum atomic E-state index is -1.30. The minimum absolute atomic E-state index is 0.570. The van der Waals surface area contributed by atoms with E-state index in [1.54, 1.807) is 21.9 Å². The average molecular weight is 345 g/mol. The Morgan fingerprint density at radius 3 is 2.48 bits per heavy atom. The molecular formula is C24H28Si. The van der Waals surface area contributed by atoms with Crippen molar-refractivity contribution in [1.82, 2.24) is 0 Å². The second kappa shape index (κ2) is 6.14. The van der Waals surface area contributed by atoms with E-state index in [0.29, 0.717) is 5.92 Å². The van der Waals surface area contributed by atoms with E-state index in [0.717, 1.165) is 12.8 Å². The van der Waals surface area contributed by atoms with Gasteiger partial charge in [-0.3, -0.25) is 0 Å². The van der Waals surface area contributed by atoms with Crippen LogP contribution in [-0.4, -0.2) is 8.07 Å². The van der Waals surface area contributed by atoms with Gasteiger partial charge in [-0.15, -0.1) is 0 Å². The Morgan fingerprint density at radius 1 is 0.960 bits per heavy atom. The van der Waals surface area contributed by atoms with Crippen LogP contribution in [0.25, 0.3) is 11.1 Å². The van der Waals surface area contributed by atoms with Crippen molar-refractivity contribution in [3.05, 3.63) is 82.1 Å². The van der Waals surface area contributed by atoms with Crippen molar-refractivity contribution in [3.8, 4) is 11.1 Å². The van der Waals surface area contributed by atoms with Crippen molar-refractivity contribution in [3.63, 3.8) is 0 Å². The fourth-order valence-corrected chi connectivity index (χ4v) is 6.60. The van der Waals surface area contributed by atoms with Gasteiger partial charge in [0.25, 0.3) is 0 Å². The number of hydrogen-bond donors (Lipinski definition) is 0. The van der Waals surface area contributed by atoms with Crippen molar-refractivity contribution in [2.24, 2.45) is 0 Å². The van der Waals surface area contributed by atoms with Crippen molar-refractivity contribution in [2.75, 3.05) is 0 Å². The van der Waals surface area contributed by atoms with Gasteiger partial charge < -0.3 is 0 Å². The van der Waals surface area contributed by atoms with Crippen molar-refractivity contribution >= 4 is 8.07 Å². The molecule has 2 aliphatic rings. The molecule has 1 unspecified atom stereocenters. The Kier molecular flexibility index (Phi) is 4.08. The van der Waals surface area contributed by atoms with Crippen LogP contribution in [0.5, 0.6) is 0 Å². The van der Waals surface area contributed by atoms with Crippen LogP contribution >= 0.6 is 0 Å². The molecule has 0 heterocycles. The van der Waals surface area contributed by atoms with Crippen LogP contribution < -0.4 is 0 Å². The Labute approximate surface area is 153 Å². The van der Waals surface area contributed by atoms with Crippen molar-refractivity contribution in [2.45, 2.75) is 51.7 Å². The summed E-state index contributed by atoms with van der Waals surface area (Å²) in [4.78, 5) is 0. The molecule has 0 saturated carbocycles. The lowest BCUT2D eigenvalue weighted by Crippen LogP contribution is -2.24. The third kappa shape index (κ3) is 2.75. The summed E-state index contributed by atoms with van der Waals surface area (Å²) in [5.74, 6) is 0.570. The summed E-state index contributed by atoms with van der Waals surface area (Å²) < 4.78 is 0. The summed E-state index contributed by atoms with van der Waals surface area (Å²) in [6, 6.07) is 15.9. The Hall–Kier alpha value is -1.86. The molecule has 128 valence electrons. The normalized spacial score (nSPS) is 17.0. The maximum absolute atomic E-state index is 2.48. The second-order valence-electron chi connectivity index (χ2n) is 8.46. The maximum atomic E-state index is 2.48. The topological polar surface area (TPSA) is 0 Å². The van der Waals surface area contributed by atoms with Crippen LogP contribution in [0.1, 0.15) is 42.4 Å². The van der Waals surface area contributed by atoms with Gasteiger partial charge in [0.1, 0.15) is 0 Å². The maximum Gasteiger partial charge on any atom is 0.0775 e. The van der Waals surface area contributed by atoms with Gasteiger partial charge in [0.2, 0.25) is 0 Å². The van der Waals surface area contributed by atoms with E-state index in [1.807, 2.05) is 0 Å².